The van der Waals surface area contributed by atoms with Gasteiger partial charge >= 0.3 is 0 Å². The molecule has 0 aromatic carbocycles. The van der Waals surface area contributed by atoms with Crippen LogP contribution in [0.15, 0.2) is 6.33 Å². The Morgan fingerprint density at radius 3 is 2.77 bits per heavy atom. The van der Waals surface area contributed by atoms with Crippen molar-refractivity contribution in [1.29, 1.82) is 0 Å². The van der Waals surface area contributed by atoms with Gasteiger partial charge in [-0.3, -0.25) is 4.79 Å². The Morgan fingerprint density at radius 2 is 2.09 bits per heavy atom. The molecule has 1 aromatic heterocycles. The molecule has 22 heavy (non-hydrogen) atoms. The lowest BCUT2D eigenvalue weighted by molar-refractivity contribution is -0.125. The predicted octanol–water partition coefficient (Wildman–Crippen LogP) is 1.49. The molecule has 6 nitrogen and oxygen atoms in total. The van der Waals surface area contributed by atoms with Gasteiger partial charge in [-0.25, -0.2) is 0 Å². The van der Waals surface area contributed by atoms with E-state index in [1.54, 1.807) is 6.33 Å². The fourth-order valence-corrected chi connectivity index (χ4v) is 3.19. The molecule has 2 atom stereocenters. The molecule has 8 heteroatoms. The van der Waals surface area contributed by atoms with E-state index in [-0.39, 0.29) is 36.6 Å². The summed E-state index contributed by atoms with van der Waals surface area (Å²) < 4.78 is 2.06. The van der Waals surface area contributed by atoms with Crippen LogP contribution in [0.2, 0.25) is 0 Å². The molecule has 0 bridgehead atoms. The topological polar surface area (TPSA) is 85.8 Å². The Hall–Kier alpha value is -0.850. The third-order valence-electron chi connectivity index (χ3n) is 4.54. The van der Waals surface area contributed by atoms with Gasteiger partial charge in [-0.2, -0.15) is 0 Å². The number of aromatic nitrogens is 3. The first kappa shape index (κ1) is 19.2. The fourth-order valence-electron chi connectivity index (χ4n) is 3.19. The minimum Gasteiger partial charge on any atom is -0.354 e. The molecule has 126 valence electrons. The lowest BCUT2D eigenvalue weighted by atomic mass is 9.95. The molecule has 0 spiro atoms. The molecule has 1 aromatic rings. The summed E-state index contributed by atoms with van der Waals surface area (Å²) in [6, 6.07) is 0. The van der Waals surface area contributed by atoms with Gasteiger partial charge in [-0.15, -0.1) is 35.0 Å². The van der Waals surface area contributed by atoms with Crippen LogP contribution < -0.4 is 11.1 Å². The first-order valence-electron chi connectivity index (χ1n) is 7.65. The monoisotopic (exact) mass is 349 g/mol. The SMILES string of the molecule is Cl.Cl.NC[C@H]1CCC[C@H]1C(=O)NCCn1cnnc1C1CC1. The second-order valence-electron chi connectivity index (χ2n) is 5.98. The molecule has 2 fully saturated rings. The molecule has 3 N–H and O–H groups in total. The molecule has 2 saturated carbocycles. The Morgan fingerprint density at radius 1 is 1.32 bits per heavy atom. The number of halogens is 2. The summed E-state index contributed by atoms with van der Waals surface area (Å²) in [7, 11) is 0. The number of amides is 1. The third kappa shape index (κ3) is 4.33. The first-order chi connectivity index (χ1) is 9.79. The van der Waals surface area contributed by atoms with E-state index in [1.807, 2.05) is 0 Å². The van der Waals surface area contributed by atoms with Crippen molar-refractivity contribution in [1.82, 2.24) is 20.1 Å². The van der Waals surface area contributed by atoms with Crippen LogP contribution in [-0.2, 0) is 11.3 Å². The van der Waals surface area contributed by atoms with Crippen LogP contribution in [-0.4, -0.2) is 33.8 Å². The number of nitrogens with zero attached hydrogens (tertiary/aromatic N) is 3. The quantitative estimate of drug-likeness (QED) is 0.814. The normalized spacial score (nSPS) is 23.5. The summed E-state index contributed by atoms with van der Waals surface area (Å²) >= 11 is 0. The highest BCUT2D eigenvalue weighted by molar-refractivity contribution is 5.85. The number of hydrogen-bond donors (Lipinski definition) is 2. The van der Waals surface area contributed by atoms with E-state index in [9.17, 15) is 4.79 Å². The zero-order chi connectivity index (χ0) is 13.9. The second-order valence-corrected chi connectivity index (χ2v) is 5.98. The van der Waals surface area contributed by atoms with Crippen molar-refractivity contribution in [3.8, 4) is 0 Å². The lowest BCUT2D eigenvalue weighted by Gasteiger charge is -2.17. The molecule has 3 rings (SSSR count). The third-order valence-corrected chi connectivity index (χ3v) is 4.54. The molecule has 1 heterocycles. The van der Waals surface area contributed by atoms with Crippen molar-refractivity contribution in [3.63, 3.8) is 0 Å². The number of hydrogen-bond acceptors (Lipinski definition) is 4. The van der Waals surface area contributed by atoms with Gasteiger partial charge in [0.05, 0.1) is 0 Å². The van der Waals surface area contributed by atoms with Crippen LogP contribution in [0.4, 0.5) is 0 Å². The number of carbonyl (C=O) groups excluding carboxylic acids is 1. The molecule has 0 radical (unpaired) electrons. The number of carbonyl (C=O) groups is 1. The number of nitrogens with two attached hydrogens (primary N) is 1. The molecule has 2 aliphatic rings. The molecule has 0 unspecified atom stereocenters. The minimum atomic E-state index is 0. The Labute approximate surface area is 143 Å². The van der Waals surface area contributed by atoms with Gasteiger partial charge < -0.3 is 15.6 Å². The van der Waals surface area contributed by atoms with E-state index in [2.05, 4.69) is 20.1 Å². The van der Waals surface area contributed by atoms with Crippen molar-refractivity contribution in [2.75, 3.05) is 13.1 Å². The van der Waals surface area contributed by atoms with Gasteiger partial charge in [0.25, 0.3) is 0 Å². The summed E-state index contributed by atoms with van der Waals surface area (Å²) in [4.78, 5) is 12.2. The Kier molecular flexibility index (Phi) is 7.59. The van der Waals surface area contributed by atoms with E-state index in [1.165, 1.54) is 12.8 Å². The maximum atomic E-state index is 12.2. The highest BCUT2D eigenvalue weighted by atomic mass is 35.5. The fraction of sp³-hybridized carbons (Fsp3) is 0.786. The smallest absolute Gasteiger partial charge is 0.223 e. The predicted molar refractivity (Wildman–Crippen MR) is 89.4 cm³/mol. The van der Waals surface area contributed by atoms with Crippen molar-refractivity contribution < 1.29 is 4.79 Å². The van der Waals surface area contributed by atoms with Crippen molar-refractivity contribution >= 4 is 30.7 Å². The van der Waals surface area contributed by atoms with Crippen LogP contribution >= 0.6 is 24.8 Å². The zero-order valence-electron chi connectivity index (χ0n) is 12.6. The largest absolute Gasteiger partial charge is 0.354 e. The molecule has 2 aliphatic carbocycles. The van der Waals surface area contributed by atoms with Gasteiger partial charge in [0.15, 0.2) is 0 Å². The van der Waals surface area contributed by atoms with Gasteiger partial charge in [0.2, 0.25) is 5.91 Å². The molecule has 0 aliphatic heterocycles. The maximum absolute atomic E-state index is 12.2. The summed E-state index contributed by atoms with van der Waals surface area (Å²) in [6.07, 6.45) is 7.38. The lowest BCUT2D eigenvalue weighted by Crippen LogP contribution is -2.36. The summed E-state index contributed by atoms with van der Waals surface area (Å²) in [5.41, 5.74) is 5.73. The van der Waals surface area contributed by atoms with Crippen LogP contribution in [0.5, 0.6) is 0 Å². The van der Waals surface area contributed by atoms with Crippen LogP contribution in [0.1, 0.15) is 43.8 Å². The zero-order valence-corrected chi connectivity index (χ0v) is 14.2. The molecule has 1 amide bonds. The van der Waals surface area contributed by atoms with Gasteiger partial charge in [0.1, 0.15) is 12.2 Å². The van der Waals surface area contributed by atoms with E-state index < -0.39 is 0 Å². The van der Waals surface area contributed by atoms with E-state index >= 15 is 0 Å². The number of rotatable bonds is 6. The highest BCUT2D eigenvalue weighted by Gasteiger charge is 2.32. The van der Waals surface area contributed by atoms with E-state index in [4.69, 9.17) is 5.73 Å². The standard InChI is InChI=1S/C14H23N5O.2ClH/c15-8-11-2-1-3-12(11)14(20)16-6-7-19-9-17-18-13(19)10-4-5-10;;/h9-12H,1-8,15H2,(H,16,20);2*1H/t11-,12-;;/m1../s1. The second kappa shape index (κ2) is 8.70. The van der Waals surface area contributed by atoms with E-state index in [0.717, 1.165) is 31.6 Å². The van der Waals surface area contributed by atoms with Crippen LogP contribution in [0.3, 0.4) is 0 Å². The average molecular weight is 350 g/mol. The van der Waals surface area contributed by atoms with E-state index in [0.29, 0.717) is 24.9 Å². The summed E-state index contributed by atoms with van der Waals surface area (Å²) in [6.45, 7) is 2.02. The van der Waals surface area contributed by atoms with Gasteiger partial charge in [-0.05, 0) is 38.1 Å². The highest BCUT2D eigenvalue weighted by Crippen LogP contribution is 2.38. The maximum Gasteiger partial charge on any atom is 0.223 e. The number of nitrogens with one attached hydrogen (secondary N) is 1. The first-order valence-corrected chi connectivity index (χ1v) is 7.65. The van der Waals surface area contributed by atoms with Crippen molar-refractivity contribution in [2.45, 2.75) is 44.6 Å². The Bertz CT molecular complexity index is 478. The van der Waals surface area contributed by atoms with Crippen molar-refractivity contribution in [2.24, 2.45) is 17.6 Å². The Balaban J connectivity index is 0.00000121. The summed E-state index contributed by atoms with van der Waals surface area (Å²) in [5, 5.41) is 11.2. The van der Waals surface area contributed by atoms with Gasteiger partial charge in [-0.1, -0.05) is 6.42 Å². The average Bonchev–Trinajstić information content (AvgIpc) is 3.02. The summed E-state index contributed by atoms with van der Waals surface area (Å²) in [5.74, 6) is 2.30. The van der Waals surface area contributed by atoms with Gasteiger partial charge in [0, 0.05) is 24.9 Å². The minimum absolute atomic E-state index is 0. The molecular weight excluding hydrogens is 325 g/mol. The van der Waals surface area contributed by atoms with Crippen molar-refractivity contribution in [3.05, 3.63) is 12.2 Å². The molecular formula is C14H25Cl2N5O. The molecule has 0 saturated heterocycles. The van der Waals surface area contributed by atoms with Crippen LogP contribution in [0.25, 0.3) is 0 Å². The van der Waals surface area contributed by atoms with Crippen LogP contribution in [0, 0.1) is 11.8 Å².